The molecule has 1 aliphatic rings. The Hall–Kier alpha value is -3.22. The van der Waals surface area contributed by atoms with Gasteiger partial charge in [-0.3, -0.25) is 24.0 Å². The van der Waals surface area contributed by atoms with Crippen LogP contribution in [-0.4, -0.2) is 86.6 Å². The Balaban J connectivity index is 2.79. The van der Waals surface area contributed by atoms with Gasteiger partial charge in [-0.2, -0.15) is 0 Å². The first-order chi connectivity index (χ1) is 13.4. The summed E-state index contributed by atoms with van der Waals surface area (Å²) in [5.74, 6) is -6.66. The van der Waals surface area contributed by atoms with E-state index in [1.54, 1.807) is 0 Å². The highest BCUT2D eigenvalue weighted by Gasteiger charge is 2.37. The van der Waals surface area contributed by atoms with Gasteiger partial charge < -0.3 is 36.6 Å². The fourth-order valence-electron chi connectivity index (χ4n) is 2.86. The molecule has 0 aromatic heterocycles. The number of rotatable bonds is 10. The number of nitrogens with zero attached hydrogens (tertiary/aromatic N) is 1. The summed E-state index contributed by atoms with van der Waals surface area (Å²) in [7, 11) is 0. The molecular formula is C16H24N4O9. The van der Waals surface area contributed by atoms with Crippen molar-refractivity contribution in [3.8, 4) is 0 Å². The van der Waals surface area contributed by atoms with Crippen molar-refractivity contribution in [3.63, 3.8) is 0 Å². The minimum atomic E-state index is -1.61. The van der Waals surface area contributed by atoms with Crippen LogP contribution in [0.1, 0.15) is 32.6 Å². The maximum atomic E-state index is 12.5. The van der Waals surface area contributed by atoms with Crippen molar-refractivity contribution in [2.45, 2.75) is 56.8 Å². The normalized spacial score (nSPS) is 19.0. The predicted octanol–water partition coefficient (Wildman–Crippen LogP) is -2.67. The van der Waals surface area contributed by atoms with Gasteiger partial charge in [-0.05, 0) is 19.8 Å². The van der Waals surface area contributed by atoms with Gasteiger partial charge >= 0.3 is 17.9 Å². The van der Waals surface area contributed by atoms with Gasteiger partial charge in [-0.25, -0.2) is 4.79 Å². The van der Waals surface area contributed by atoms with Gasteiger partial charge in [0.1, 0.15) is 18.1 Å². The molecular weight excluding hydrogens is 392 g/mol. The van der Waals surface area contributed by atoms with Crippen LogP contribution >= 0.6 is 0 Å². The Kier molecular flexibility index (Phi) is 8.51. The molecule has 162 valence electrons. The van der Waals surface area contributed by atoms with Gasteiger partial charge in [0.15, 0.2) is 0 Å². The molecule has 0 aromatic carbocycles. The summed E-state index contributed by atoms with van der Waals surface area (Å²) in [5, 5.41) is 31.0. The highest BCUT2D eigenvalue weighted by molar-refractivity contribution is 5.96. The lowest BCUT2D eigenvalue weighted by atomic mass is 10.1. The van der Waals surface area contributed by atoms with Crippen LogP contribution < -0.4 is 16.4 Å². The molecule has 1 fully saturated rings. The van der Waals surface area contributed by atoms with Gasteiger partial charge in [0.25, 0.3) is 0 Å². The van der Waals surface area contributed by atoms with Crippen LogP contribution in [0.15, 0.2) is 0 Å². The fraction of sp³-hybridized carbons (Fsp3) is 0.625. The van der Waals surface area contributed by atoms with Crippen molar-refractivity contribution in [1.29, 1.82) is 0 Å². The maximum absolute atomic E-state index is 12.5. The molecule has 13 nitrogen and oxygen atoms in total. The summed E-state index contributed by atoms with van der Waals surface area (Å²) in [4.78, 5) is 70.7. The van der Waals surface area contributed by atoms with Crippen LogP contribution in [0.2, 0.25) is 0 Å². The number of hydrogen-bond acceptors (Lipinski definition) is 7. The highest BCUT2D eigenvalue weighted by Crippen LogP contribution is 2.18. The van der Waals surface area contributed by atoms with Crippen molar-refractivity contribution in [1.82, 2.24) is 15.5 Å². The molecule has 0 saturated carbocycles. The third-order valence-corrected chi connectivity index (χ3v) is 4.29. The molecule has 7 N–H and O–H groups in total. The van der Waals surface area contributed by atoms with Crippen molar-refractivity contribution in [2.75, 3.05) is 6.54 Å². The lowest BCUT2D eigenvalue weighted by molar-refractivity contribution is -0.149. The largest absolute Gasteiger partial charge is 0.481 e. The average molecular weight is 416 g/mol. The number of carbonyl (C=O) groups excluding carboxylic acids is 3. The van der Waals surface area contributed by atoms with Crippen molar-refractivity contribution < 1.29 is 44.1 Å². The van der Waals surface area contributed by atoms with E-state index in [1.807, 2.05) is 0 Å². The third kappa shape index (κ3) is 7.03. The number of carboxylic acids is 3. The van der Waals surface area contributed by atoms with Gasteiger partial charge in [-0.1, -0.05) is 0 Å². The minimum Gasteiger partial charge on any atom is -0.481 e. The maximum Gasteiger partial charge on any atom is 0.326 e. The number of aliphatic carboxylic acids is 3. The molecule has 0 aliphatic carbocycles. The van der Waals surface area contributed by atoms with Crippen LogP contribution in [0.3, 0.4) is 0 Å². The van der Waals surface area contributed by atoms with E-state index in [4.69, 9.17) is 21.1 Å². The van der Waals surface area contributed by atoms with E-state index in [9.17, 15) is 28.8 Å². The Morgan fingerprint density at radius 3 is 2.10 bits per heavy atom. The molecule has 0 spiro atoms. The smallest absolute Gasteiger partial charge is 0.326 e. The second-order valence-corrected chi connectivity index (χ2v) is 6.62. The summed E-state index contributed by atoms with van der Waals surface area (Å²) in [5.41, 5.74) is 5.38. The lowest BCUT2D eigenvalue weighted by Gasteiger charge is -2.26. The van der Waals surface area contributed by atoms with Crippen LogP contribution in [0.5, 0.6) is 0 Å². The molecule has 0 radical (unpaired) electrons. The first-order valence-corrected chi connectivity index (χ1v) is 8.77. The zero-order valence-electron chi connectivity index (χ0n) is 15.7. The molecule has 3 amide bonds. The van der Waals surface area contributed by atoms with E-state index in [0.717, 1.165) is 4.90 Å². The van der Waals surface area contributed by atoms with Gasteiger partial charge in [0.05, 0.1) is 18.9 Å². The van der Waals surface area contributed by atoms with Crippen LogP contribution in [0.4, 0.5) is 0 Å². The predicted molar refractivity (Wildman–Crippen MR) is 94.4 cm³/mol. The van der Waals surface area contributed by atoms with Crippen molar-refractivity contribution in [2.24, 2.45) is 5.73 Å². The molecule has 1 rings (SSSR count). The van der Waals surface area contributed by atoms with E-state index in [0.29, 0.717) is 6.42 Å². The van der Waals surface area contributed by atoms with E-state index in [2.05, 4.69) is 10.6 Å². The number of carbonyl (C=O) groups is 6. The number of nitrogens with one attached hydrogen (secondary N) is 2. The Morgan fingerprint density at radius 1 is 1.00 bits per heavy atom. The van der Waals surface area contributed by atoms with Crippen LogP contribution in [0, 0.1) is 0 Å². The highest BCUT2D eigenvalue weighted by atomic mass is 16.4. The number of likely N-dealkylation sites (tertiary alicyclic amines) is 1. The second kappa shape index (κ2) is 10.4. The number of nitrogens with two attached hydrogens (primary N) is 1. The zero-order chi connectivity index (χ0) is 22.3. The molecule has 1 saturated heterocycles. The summed E-state index contributed by atoms with van der Waals surface area (Å²) in [6, 6.07) is -5.30. The molecule has 4 unspecified atom stereocenters. The Labute approximate surface area is 165 Å². The summed E-state index contributed by atoms with van der Waals surface area (Å²) in [6.07, 6.45) is -0.795. The van der Waals surface area contributed by atoms with E-state index in [1.165, 1.54) is 6.92 Å². The number of carboxylic acid groups (broad SMARTS) is 3. The quantitative estimate of drug-likeness (QED) is 0.217. The third-order valence-electron chi connectivity index (χ3n) is 4.29. The molecule has 0 aromatic rings. The minimum absolute atomic E-state index is 0.204. The van der Waals surface area contributed by atoms with Gasteiger partial charge in [0.2, 0.25) is 17.7 Å². The van der Waals surface area contributed by atoms with E-state index < -0.39 is 72.6 Å². The second-order valence-electron chi connectivity index (χ2n) is 6.62. The van der Waals surface area contributed by atoms with Crippen molar-refractivity contribution >= 4 is 35.6 Å². The fourth-order valence-corrected chi connectivity index (χ4v) is 2.86. The lowest BCUT2D eigenvalue weighted by Crippen LogP contribution is -2.56. The van der Waals surface area contributed by atoms with Crippen LogP contribution in [0.25, 0.3) is 0 Å². The molecule has 4 atom stereocenters. The molecule has 1 heterocycles. The molecule has 13 heteroatoms. The zero-order valence-corrected chi connectivity index (χ0v) is 15.7. The Morgan fingerprint density at radius 2 is 1.59 bits per heavy atom. The summed E-state index contributed by atoms with van der Waals surface area (Å²) >= 11 is 0. The first kappa shape index (κ1) is 23.8. The SMILES string of the molecule is CC(NC(=O)C(CC(=O)O)NC(=O)C(N)CC(=O)O)C(=O)N1CCCC1C(=O)O. The first-order valence-electron chi connectivity index (χ1n) is 8.77. The summed E-state index contributed by atoms with van der Waals surface area (Å²) < 4.78 is 0. The monoisotopic (exact) mass is 416 g/mol. The van der Waals surface area contributed by atoms with Crippen LogP contribution in [-0.2, 0) is 28.8 Å². The molecule has 0 bridgehead atoms. The van der Waals surface area contributed by atoms with E-state index >= 15 is 0 Å². The van der Waals surface area contributed by atoms with Gasteiger partial charge in [0, 0.05) is 6.54 Å². The molecule has 1 aliphatic heterocycles. The number of amides is 3. The number of hydrogen-bond donors (Lipinski definition) is 6. The van der Waals surface area contributed by atoms with E-state index in [-0.39, 0.29) is 13.0 Å². The van der Waals surface area contributed by atoms with Gasteiger partial charge in [-0.15, -0.1) is 0 Å². The average Bonchev–Trinajstić information content (AvgIpc) is 3.09. The van der Waals surface area contributed by atoms with Crippen molar-refractivity contribution in [3.05, 3.63) is 0 Å². The standard InChI is InChI=1S/C16H24N4O9/c1-7(15(27)20-4-2-3-10(20)16(28)29)18-14(26)9(6-12(23)24)19-13(25)8(17)5-11(21)22/h7-10H,2-6,17H2,1H3,(H,18,26)(H,19,25)(H,21,22)(H,23,24)(H,28,29). The molecule has 29 heavy (non-hydrogen) atoms. The Bertz CT molecular complexity index is 696. The summed E-state index contributed by atoms with van der Waals surface area (Å²) in [6.45, 7) is 1.50. The topological polar surface area (TPSA) is 216 Å².